The first-order chi connectivity index (χ1) is 16.5. The van der Waals surface area contributed by atoms with E-state index in [2.05, 4.69) is 30.4 Å². The summed E-state index contributed by atoms with van der Waals surface area (Å²) in [6.45, 7) is 3.75. The van der Waals surface area contributed by atoms with Gasteiger partial charge in [0.15, 0.2) is 11.6 Å². The lowest BCUT2D eigenvalue weighted by molar-refractivity contribution is -0.113. The van der Waals surface area contributed by atoms with Crippen LogP contribution in [0.15, 0.2) is 47.8 Å². The Morgan fingerprint density at radius 1 is 1.32 bits per heavy atom. The smallest absolute Gasteiger partial charge is 0.252 e. The lowest BCUT2D eigenvalue weighted by Gasteiger charge is -2.32. The van der Waals surface area contributed by atoms with E-state index in [1.807, 2.05) is 25.1 Å². The van der Waals surface area contributed by atoms with Gasteiger partial charge in [-0.3, -0.25) is 9.89 Å². The van der Waals surface area contributed by atoms with Crippen molar-refractivity contribution in [3.05, 3.63) is 47.8 Å². The van der Waals surface area contributed by atoms with Crippen LogP contribution in [0.1, 0.15) is 26.2 Å². The molecule has 0 aliphatic carbocycles. The van der Waals surface area contributed by atoms with Gasteiger partial charge in [-0.15, -0.1) is 0 Å². The Labute approximate surface area is 197 Å². The van der Waals surface area contributed by atoms with Crippen molar-refractivity contribution >= 4 is 22.8 Å². The summed E-state index contributed by atoms with van der Waals surface area (Å²) in [5.41, 5.74) is 9.11. The van der Waals surface area contributed by atoms with E-state index in [9.17, 15) is 9.90 Å². The molecule has 0 bridgehead atoms. The van der Waals surface area contributed by atoms with Crippen LogP contribution < -0.4 is 15.8 Å². The number of aromatic amines is 2. The summed E-state index contributed by atoms with van der Waals surface area (Å²) in [6.07, 6.45) is 5.90. The maximum absolute atomic E-state index is 12.8. The van der Waals surface area contributed by atoms with Gasteiger partial charge in [0.25, 0.3) is 5.91 Å². The fourth-order valence-corrected chi connectivity index (χ4v) is 3.97. The number of aliphatic hydroxyl groups is 1. The van der Waals surface area contributed by atoms with Crippen molar-refractivity contribution < 1.29 is 14.6 Å². The predicted molar refractivity (Wildman–Crippen MR) is 131 cm³/mol. The van der Waals surface area contributed by atoms with Crippen LogP contribution in [0.4, 0.5) is 5.82 Å². The van der Waals surface area contributed by atoms with Gasteiger partial charge in [-0.1, -0.05) is 6.92 Å². The van der Waals surface area contributed by atoms with E-state index < -0.39 is 0 Å². The quantitative estimate of drug-likeness (QED) is 0.254. The number of methoxy groups -OCH3 is 1. The van der Waals surface area contributed by atoms with Crippen LogP contribution in [0.3, 0.4) is 0 Å². The van der Waals surface area contributed by atoms with E-state index in [4.69, 9.17) is 10.5 Å². The zero-order valence-corrected chi connectivity index (χ0v) is 19.5. The topological polar surface area (TPSA) is 145 Å². The van der Waals surface area contributed by atoms with Gasteiger partial charge in [-0.25, -0.2) is 4.98 Å². The molecule has 0 radical (unpaired) electrons. The van der Waals surface area contributed by atoms with E-state index in [0.717, 1.165) is 42.7 Å². The van der Waals surface area contributed by atoms with Gasteiger partial charge < -0.3 is 30.8 Å². The summed E-state index contributed by atoms with van der Waals surface area (Å²) in [5.74, 6) is 2.49. The SMILES string of the molecule is CC/C(=C\C=C(/N)N1CCC(CO)CC1)C(=O)Nc1cc(-c2nc3ccc(OC)cc3[nH]2)[nH]n1. The van der Waals surface area contributed by atoms with Crippen LogP contribution in [0.2, 0.25) is 0 Å². The number of fused-ring (bicyclic) bond motifs is 1. The highest BCUT2D eigenvalue weighted by molar-refractivity contribution is 6.03. The number of ether oxygens (including phenoxy) is 1. The van der Waals surface area contributed by atoms with Crippen molar-refractivity contribution in [3.8, 4) is 17.3 Å². The molecule has 10 nitrogen and oxygen atoms in total. The number of piperidine rings is 1. The van der Waals surface area contributed by atoms with Gasteiger partial charge in [-0.2, -0.15) is 5.10 Å². The molecular formula is C24H31N7O3. The molecule has 1 saturated heterocycles. The van der Waals surface area contributed by atoms with E-state index >= 15 is 0 Å². The standard InChI is InChI=1S/C24H31N7O3/c1-3-16(4-7-21(25)31-10-8-15(14-32)9-11-31)24(33)28-22-13-20(29-30-22)23-26-18-6-5-17(34-2)12-19(18)27-23/h4-7,12-13,15,32H,3,8-11,14,25H2,1-2H3,(H,26,27)(H2,28,29,30,33)/b16-4+,21-7+. The molecule has 3 aromatic rings. The summed E-state index contributed by atoms with van der Waals surface area (Å²) >= 11 is 0. The number of nitrogens with two attached hydrogens (primary N) is 1. The summed E-state index contributed by atoms with van der Waals surface area (Å²) < 4.78 is 5.25. The molecule has 2 aromatic heterocycles. The Balaban J connectivity index is 1.42. The number of H-pyrrole nitrogens is 2. The molecular weight excluding hydrogens is 434 g/mol. The van der Waals surface area contributed by atoms with E-state index in [1.54, 1.807) is 25.3 Å². The molecule has 1 aliphatic rings. The number of hydrogen-bond acceptors (Lipinski definition) is 7. The molecule has 180 valence electrons. The Hall–Kier alpha value is -3.79. The highest BCUT2D eigenvalue weighted by Gasteiger charge is 2.19. The predicted octanol–water partition coefficient (Wildman–Crippen LogP) is 2.74. The fraction of sp³-hybridized carbons (Fsp3) is 0.375. The minimum absolute atomic E-state index is 0.220. The minimum Gasteiger partial charge on any atom is -0.497 e. The lowest BCUT2D eigenvalue weighted by atomic mass is 9.98. The summed E-state index contributed by atoms with van der Waals surface area (Å²) in [5, 5.41) is 19.2. The van der Waals surface area contributed by atoms with Crippen molar-refractivity contribution in [2.75, 3.05) is 32.1 Å². The number of carbonyl (C=O) groups is 1. The number of hydrogen-bond donors (Lipinski definition) is 5. The number of aromatic nitrogens is 4. The Morgan fingerprint density at radius 3 is 2.82 bits per heavy atom. The number of allylic oxidation sites excluding steroid dienone is 2. The maximum Gasteiger partial charge on any atom is 0.252 e. The molecule has 10 heteroatoms. The third-order valence-corrected chi connectivity index (χ3v) is 6.13. The van der Waals surface area contributed by atoms with Gasteiger partial charge in [0.05, 0.1) is 24.0 Å². The second kappa shape index (κ2) is 10.4. The molecule has 3 heterocycles. The van der Waals surface area contributed by atoms with Crippen molar-refractivity contribution in [3.63, 3.8) is 0 Å². The zero-order valence-electron chi connectivity index (χ0n) is 19.5. The molecule has 0 unspecified atom stereocenters. The van der Waals surface area contributed by atoms with Crippen molar-refractivity contribution in [1.29, 1.82) is 0 Å². The number of rotatable bonds is 8. The zero-order chi connectivity index (χ0) is 24.1. The number of nitrogens with zero attached hydrogens (tertiary/aromatic N) is 3. The normalized spacial score (nSPS) is 15.7. The van der Waals surface area contributed by atoms with Gasteiger partial charge in [0, 0.05) is 37.4 Å². The number of likely N-dealkylation sites (tertiary alicyclic amines) is 1. The van der Waals surface area contributed by atoms with Crippen LogP contribution in [-0.4, -0.2) is 62.9 Å². The number of carbonyl (C=O) groups excluding carboxylic acids is 1. The van der Waals surface area contributed by atoms with Crippen LogP contribution in [0, 0.1) is 5.92 Å². The molecule has 0 spiro atoms. The number of aliphatic hydroxyl groups excluding tert-OH is 1. The molecule has 0 saturated carbocycles. The van der Waals surface area contributed by atoms with Crippen LogP contribution in [0.5, 0.6) is 5.75 Å². The molecule has 34 heavy (non-hydrogen) atoms. The van der Waals surface area contributed by atoms with Crippen LogP contribution >= 0.6 is 0 Å². The molecule has 1 aromatic carbocycles. The Bertz CT molecular complexity index is 1200. The highest BCUT2D eigenvalue weighted by atomic mass is 16.5. The second-order valence-corrected chi connectivity index (χ2v) is 8.34. The number of nitrogens with one attached hydrogen (secondary N) is 3. The third kappa shape index (κ3) is 5.23. The highest BCUT2D eigenvalue weighted by Crippen LogP contribution is 2.24. The van der Waals surface area contributed by atoms with Crippen molar-refractivity contribution in [2.45, 2.75) is 26.2 Å². The molecule has 0 atom stereocenters. The molecule has 1 fully saturated rings. The van der Waals surface area contributed by atoms with Gasteiger partial charge in [0.2, 0.25) is 0 Å². The van der Waals surface area contributed by atoms with Crippen molar-refractivity contribution in [1.82, 2.24) is 25.1 Å². The second-order valence-electron chi connectivity index (χ2n) is 8.34. The van der Waals surface area contributed by atoms with Gasteiger partial charge in [0.1, 0.15) is 11.4 Å². The average molecular weight is 466 g/mol. The number of amides is 1. The molecule has 6 N–H and O–H groups in total. The van der Waals surface area contributed by atoms with Crippen LogP contribution in [-0.2, 0) is 4.79 Å². The summed E-state index contributed by atoms with van der Waals surface area (Å²) in [7, 11) is 1.62. The van der Waals surface area contributed by atoms with Crippen molar-refractivity contribution in [2.24, 2.45) is 11.7 Å². The van der Waals surface area contributed by atoms with Crippen LogP contribution in [0.25, 0.3) is 22.6 Å². The van der Waals surface area contributed by atoms with E-state index in [-0.39, 0.29) is 12.5 Å². The first-order valence-electron chi connectivity index (χ1n) is 11.4. The molecule has 4 rings (SSSR count). The number of benzene rings is 1. The average Bonchev–Trinajstić information content (AvgIpc) is 3.50. The van der Waals surface area contributed by atoms with Gasteiger partial charge >= 0.3 is 0 Å². The number of imidazole rings is 1. The van der Waals surface area contributed by atoms with E-state index in [0.29, 0.717) is 41.1 Å². The van der Waals surface area contributed by atoms with Gasteiger partial charge in [-0.05, 0) is 49.5 Å². The number of anilines is 1. The first-order valence-corrected chi connectivity index (χ1v) is 11.4. The molecule has 1 amide bonds. The van der Waals surface area contributed by atoms with E-state index in [1.165, 1.54) is 0 Å². The fourth-order valence-electron chi connectivity index (χ4n) is 3.97. The monoisotopic (exact) mass is 465 g/mol. The minimum atomic E-state index is -0.238. The first kappa shape index (κ1) is 23.4. The lowest BCUT2D eigenvalue weighted by Crippen LogP contribution is -2.36. The third-order valence-electron chi connectivity index (χ3n) is 6.13. The summed E-state index contributed by atoms with van der Waals surface area (Å²) in [4.78, 5) is 22.7. The summed E-state index contributed by atoms with van der Waals surface area (Å²) in [6, 6.07) is 7.33. The maximum atomic E-state index is 12.8. The molecule has 1 aliphatic heterocycles. The Kier molecular flexibility index (Phi) is 7.17. The Morgan fingerprint density at radius 2 is 2.12 bits per heavy atom. The largest absolute Gasteiger partial charge is 0.497 e.